The second kappa shape index (κ2) is 5.23. The first-order valence-corrected chi connectivity index (χ1v) is 6.78. The minimum atomic E-state index is 0.0969. The van der Waals surface area contributed by atoms with Crippen molar-refractivity contribution in [3.63, 3.8) is 0 Å². The summed E-state index contributed by atoms with van der Waals surface area (Å²) in [5.41, 5.74) is 3.47. The van der Waals surface area contributed by atoms with Crippen LogP contribution in [-0.2, 0) is 4.74 Å². The molecule has 1 fully saturated rings. The van der Waals surface area contributed by atoms with Gasteiger partial charge in [0.15, 0.2) is 0 Å². The molecule has 1 aliphatic heterocycles. The summed E-state index contributed by atoms with van der Waals surface area (Å²) in [5.74, 6) is 0.883. The smallest absolute Gasteiger partial charge is 0.142 e. The van der Waals surface area contributed by atoms with Crippen LogP contribution in [0, 0.1) is 6.92 Å². The lowest BCUT2D eigenvalue weighted by Gasteiger charge is -2.14. The number of methoxy groups -OCH3 is 1. The van der Waals surface area contributed by atoms with Crippen molar-refractivity contribution in [2.24, 2.45) is 0 Å². The number of rotatable bonds is 2. The van der Waals surface area contributed by atoms with Gasteiger partial charge in [-0.15, -0.1) is 0 Å². The van der Waals surface area contributed by atoms with E-state index in [9.17, 15) is 0 Å². The molecule has 19 heavy (non-hydrogen) atoms. The van der Waals surface area contributed by atoms with Gasteiger partial charge in [0.2, 0.25) is 0 Å². The number of H-pyrrole nitrogens is 1. The van der Waals surface area contributed by atoms with Crippen molar-refractivity contribution in [2.75, 3.05) is 26.8 Å². The van der Waals surface area contributed by atoms with Gasteiger partial charge >= 0.3 is 0 Å². The molecule has 0 aliphatic carbocycles. The summed E-state index contributed by atoms with van der Waals surface area (Å²) in [4.78, 5) is 3.49. The second-order valence-corrected chi connectivity index (χ2v) is 4.96. The number of fused-ring (bicyclic) bond motifs is 1. The molecule has 1 aromatic carbocycles. The highest BCUT2D eigenvalue weighted by molar-refractivity contribution is 5.89. The molecule has 0 bridgehead atoms. The quantitative estimate of drug-likeness (QED) is 0.872. The Morgan fingerprint density at radius 3 is 3.11 bits per heavy atom. The SMILES string of the molecule is COc1cccc2c(C)c(C3CNCCCO3)[nH]c12. The average molecular weight is 260 g/mol. The van der Waals surface area contributed by atoms with E-state index in [2.05, 4.69) is 23.3 Å². The third kappa shape index (κ3) is 2.22. The Kier molecular flexibility index (Phi) is 3.44. The molecule has 4 heteroatoms. The number of benzene rings is 1. The van der Waals surface area contributed by atoms with Crippen molar-refractivity contribution in [1.82, 2.24) is 10.3 Å². The number of hydrogen-bond donors (Lipinski definition) is 2. The first kappa shape index (κ1) is 12.5. The number of aryl methyl sites for hydroxylation is 1. The summed E-state index contributed by atoms with van der Waals surface area (Å²) in [6.45, 7) is 4.83. The van der Waals surface area contributed by atoms with Gasteiger partial charge in [-0.2, -0.15) is 0 Å². The van der Waals surface area contributed by atoms with Crippen LogP contribution >= 0.6 is 0 Å². The summed E-state index contributed by atoms with van der Waals surface area (Å²) < 4.78 is 11.4. The van der Waals surface area contributed by atoms with Crippen molar-refractivity contribution < 1.29 is 9.47 Å². The molecule has 2 heterocycles. The monoisotopic (exact) mass is 260 g/mol. The molecular weight excluding hydrogens is 240 g/mol. The standard InChI is InChI=1S/C15H20N2O2/c1-10-11-5-3-6-12(18-2)15(11)17-14(10)13-9-16-7-4-8-19-13/h3,5-6,13,16-17H,4,7-9H2,1-2H3. The third-order valence-electron chi connectivity index (χ3n) is 3.78. The number of aromatic amines is 1. The molecule has 102 valence electrons. The first-order chi connectivity index (χ1) is 9.31. The highest BCUT2D eigenvalue weighted by atomic mass is 16.5. The molecule has 2 aromatic rings. The molecule has 1 aliphatic rings. The molecule has 0 spiro atoms. The number of aromatic nitrogens is 1. The van der Waals surface area contributed by atoms with Crippen molar-refractivity contribution in [2.45, 2.75) is 19.4 Å². The van der Waals surface area contributed by atoms with Crippen molar-refractivity contribution >= 4 is 10.9 Å². The van der Waals surface area contributed by atoms with Gasteiger partial charge in [-0.1, -0.05) is 12.1 Å². The van der Waals surface area contributed by atoms with E-state index in [1.165, 1.54) is 10.9 Å². The Morgan fingerprint density at radius 1 is 1.37 bits per heavy atom. The average Bonchev–Trinajstić information content (AvgIpc) is 2.65. The van der Waals surface area contributed by atoms with E-state index in [0.717, 1.165) is 43.1 Å². The maximum atomic E-state index is 5.94. The molecule has 0 radical (unpaired) electrons. The largest absolute Gasteiger partial charge is 0.495 e. The molecule has 1 aromatic heterocycles. The molecule has 1 atom stereocenters. The highest BCUT2D eigenvalue weighted by Gasteiger charge is 2.21. The molecule has 2 N–H and O–H groups in total. The first-order valence-electron chi connectivity index (χ1n) is 6.78. The Balaban J connectivity index is 2.06. The Labute approximate surface area is 113 Å². The molecule has 0 saturated carbocycles. The van der Waals surface area contributed by atoms with E-state index in [0.29, 0.717) is 0 Å². The van der Waals surface area contributed by atoms with Crippen LogP contribution in [0.2, 0.25) is 0 Å². The fourth-order valence-corrected chi connectivity index (χ4v) is 2.74. The Hall–Kier alpha value is -1.52. The molecule has 1 saturated heterocycles. The molecular formula is C15H20N2O2. The summed E-state index contributed by atoms with van der Waals surface area (Å²) in [5, 5.41) is 4.63. The van der Waals surface area contributed by atoms with Gasteiger partial charge in [0.1, 0.15) is 11.9 Å². The van der Waals surface area contributed by atoms with Gasteiger partial charge in [0.25, 0.3) is 0 Å². The van der Waals surface area contributed by atoms with Gasteiger partial charge in [-0.3, -0.25) is 0 Å². The van der Waals surface area contributed by atoms with Crippen LogP contribution in [0.15, 0.2) is 18.2 Å². The zero-order valence-electron chi connectivity index (χ0n) is 11.5. The molecule has 1 unspecified atom stereocenters. The van der Waals surface area contributed by atoms with Gasteiger partial charge in [-0.05, 0) is 31.5 Å². The number of hydrogen-bond acceptors (Lipinski definition) is 3. The molecule has 0 amide bonds. The second-order valence-electron chi connectivity index (χ2n) is 4.96. The van der Waals surface area contributed by atoms with Crippen LogP contribution in [0.25, 0.3) is 10.9 Å². The Morgan fingerprint density at radius 2 is 2.26 bits per heavy atom. The summed E-state index contributed by atoms with van der Waals surface area (Å²) >= 11 is 0. The van der Waals surface area contributed by atoms with Crippen molar-refractivity contribution in [3.05, 3.63) is 29.5 Å². The summed E-state index contributed by atoms with van der Waals surface area (Å²) in [7, 11) is 1.70. The number of para-hydroxylation sites is 1. The fraction of sp³-hybridized carbons (Fsp3) is 0.467. The lowest BCUT2D eigenvalue weighted by atomic mass is 10.1. The topological polar surface area (TPSA) is 46.3 Å². The van der Waals surface area contributed by atoms with E-state index in [1.807, 2.05) is 12.1 Å². The van der Waals surface area contributed by atoms with Crippen molar-refractivity contribution in [3.8, 4) is 5.75 Å². The summed E-state index contributed by atoms with van der Waals surface area (Å²) in [6.07, 6.45) is 1.17. The van der Waals surface area contributed by atoms with Crippen molar-refractivity contribution in [1.29, 1.82) is 0 Å². The lowest BCUT2D eigenvalue weighted by Crippen LogP contribution is -2.20. The highest BCUT2D eigenvalue weighted by Crippen LogP contribution is 2.33. The van der Waals surface area contributed by atoms with Gasteiger partial charge in [-0.25, -0.2) is 0 Å². The number of ether oxygens (including phenoxy) is 2. The maximum Gasteiger partial charge on any atom is 0.142 e. The fourth-order valence-electron chi connectivity index (χ4n) is 2.74. The van der Waals surface area contributed by atoms with Gasteiger partial charge < -0.3 is 19.8 Å². The van der Waals surface area contributed by atoms with E-state index < -0.39 is 0 Å². The predicted octanol–water partition coefficient (Wildman–Crippen LogP) is 2.54. The van der Waals surface area contributed by atoms with Crippen LogP contribution in [0.4, 0.5) is 0 Å². The van der Waals surface area contributed by atoms with Crippen LogP contribution in [0.5, 0.6) is 5.75 Å². The van der Waals surface area contributed by atoms with E-state index in [-0.39, 0.29) is 6.10 Å². The van der Waals surface area contributed by atoms with Crippen LogP contribution in [0.3, 0.4) is 0 Å². The normalized spacial score (nSPS) is 20.4. The van der Waals surface area contributed by atoms with Gasteiger partial charge in [0.05, 0.1) is 12.6 Å². The van der Waals surface area contributed by atoms with E-state index >= 15 is 0 Å². The van der Waals surface area contributed by atoms with Gasteiger partial charge in [0, 0.05) is 24.2 Å². The van der Waals surface area contributed by atoms with E-state index in [1.54, 1.807) is 7.11 Å². The third-order valence-corrected chi connectivity index (χ3v) is 3.78. The molecule has 3 rings (SSSR count). The van der Waals surface area contributed by atoms with Crippen LogP contribution in [0.1, 0.15) is 23.8 Å². The Bertz CT molecular complexity index is 569. The van der Waals surface area contributed by atoms with Crippen LogP contribution < -0.4 is 10.1 Å². The zero-order chi connectivity index (χ0) is 13.2. The predicted molar refractivity (Wildman–Crippen MR) is 75.8 cm³/mol. The minimum absolute atomic E-state index is 0.0969. The maximum absolute atomic E-state index is 5.94. The summed E-state index contributed by atoms with van der Waals surface area (Å²) in [6, 6.07) is 6.13. The van der Waals surface area contributed by atoms with Crippen LogP contribution in [-0.4, -0.2) is 31.8 Å². The molecule has 4 nitrogen and oxygen atoms in total. The zero-order valence-corrected chi connectivity index (χ0v) is 11.5. The number of nitrogens with one attached hydrogen (secondary N) is 2. The van der Waals surface area contributed by atoms with E-state index in [4.69, 9.17) is 9.47 Å². The lowest BCUT2D eigenvalue weighted by molar-refractivity contribution is 0.0640. The minimum Gasteiger partial charge on any atom is -0.495 e.